The Balaban J connectivity index is 1.46. The molecule has 2 heterocycles. The molecule has 148 valence electrons. The number of aliphatic hydroxyl groups excluding tert-OH is 1. The molecule has 2 aliphatic heterocycles. The number of aliphatic hydroxyl groups is 1. The second-order valence-electron chi connectivity index (χ2n) is 7.19. The van der Waals surface area contributed by atoms with E-state index >= 15 is 0 Å². The summed E-state index contributed by atoms with van der Waals surface area (Å²) in [6.07, 6.45) is -1.44. The Kier molecular flexibility index (Phi) is 5.57. The molecule has 2 aromatic carbocycles. The topological polar surface area (TPSA) is 79.3 Å². The molecule has 0 spiro atoms. The predicted octanol–water partition coefficient (Wildman–Crippen LogP) is 0.900. The summed E-state index contributed by atoms with van der Waals surface area (Å²) >= 11 is 0. The van der Waals surface area contributed by atoms with Crippen molar-refractivity contribution in [1.29, 1.82) is 0 Å². The third-order valence-electron chi connectivity index (χ3n) is 5.19. The minimum atomic E-state index is -0.805. The van der Waals surface area contributed by atoms with Crippen molar-refractivity contribution in [1.82, 2.24) is 9.80 Å². The molecule has 2 aliphatic rings. The summed E-state index contributed by atoms with van der Waals surface area (Å²) in [5, 5.41) is 12.5. The largest absolute Gasteiger partial charge is 0.389 e. The van der Waals surface area contributed by atoms with Gasteiger partial charge in [-0.15, -0.1) is 0 Å². The number of amides is 2. The van der Waals surface area contributed by atoms with Crippen molar-refractivity contribution in [3.63, 3.8) is 0 Å². The number of rotatable bonds is 2. The molecule has 7 heteroatoms. The van der Waals surface area contributed by atoms with Crippen LogP contribution in [0.2, 0.25) is 0 Å². The molecule has 2 saturated heterocycles. The SMILES string of the molecule is O=C(c1ccc2ccccc2c1)N1CCN(C(=O)C2COCCO2)CC(O)C1. The van der Waals surface area contributed by atoms with E-state index in [1.54, 1.807) is 15.9 Å². The molecule has 0 saturated carbocycles. The highest BCUT2D eigenvalue weighted by Gasteiger charge is 2.32. The second-order valence-corrected chi connectivity index (χ2v) is 7.19. The molecule has 2 unspecified atom stereocenters. The van der Waals surface area contributed by atoms with E-state index in [1.807, 2.05) is 36.4 Å². The fraction of sp³-hybridized carbons (Fsp3) is 0.429. The lowest BCUT2D eigenvalue weighted by molar-refractivity contribution is -0.158. The van der Waals surface area contributed by atoms with Crippen LogP contribution in [0.5, 0.6) is 0 Å². The second kappa shape index (κ2) is 8.26. The van der Waals surface area contributed by atoms with Gasteiger partial charge in [-0.1, -0.05) is 30.3 Å². The van der Waals surface area contributed by atoms with E-state index < -0.39 is 12.2 Å². The lowest BCUT2D eigenvalue weighted by Crippen LogP contribution is -2.47. The molecular weight excluding hydrogens is 360 g/mol. The van der Waals surface area contributed by atoms with Gasteiger partial charge in [-0.25, -0.2) is 0 Å². The lowest BCUT2D eigenvalue weighted by Gasteiger charge is -2.29. The smallest absolute Gasteiger partial charge is 0.254 e. The van der Waals surface area contributed by atoms with E-state index in [9.17, 15) is 14.7 Å². The zero-order valence-corrected chi connectivity index (χ0v) is 15.6. The monoisotopic (exact) mass is 384 g/mol. The number of β-amino-alcohol motifs (C(OH)–C–C–N with tert-alkyl or cyclic N) is 1. The lowest BCUT2D eigenvalue weighted by atomic mass is 10.1. The molecule has 1 N–H and O–H groups in total. The number of nitrogens with zero attached hydrogens (tertiary/aromatic N) is 2. The summed E-state index contributed by atoms with van der Waals surface area (Å²) in [5.41, 5.74) is 0.578. The van der Waals surface area contributed by atoms with Crippen molar-refractivity contribution in [2.24, 2.45) is 0 Å². The fourth-order valence-corrected chi connectivity index (χ4v) is 3.71. The summed E-state index contributed by atoms with van der Waals surface area (Å²) in [7, 11) is 0. The van der Waals surface area contributed by atoms with Crippen LogP contribution in [0.25, 0.3) is 10.8 Å². The Hall–Kier alpha value is -2.48. The van der Waals surface area contributed by atoms with E-state index in [1.165, 1.54) is 0 Å². The number of benzene rings is 2. The van der Waals surface area contributed by atoms with Gasteiger partial charge < -0.3 is 24.4 Å². The summed E-state index contributed by atoms with van der Waals surface area (Å²) in [6.45, 7) is 2.19. The summed E-state index contributed by atoms with van der Waals surface area (Å²) in [5.74, 6) is -0.338. The van der Waals surface area contributed by atoms with Gasteiger partial charge >= 0.3 is 0 Å². The van der Waals surface area contributed by atoms with Crippen LogP contribution in [0, 0.1) is 0 Å². The van der Waals surface area contributed by atoms with E-state index in [0.717, 1.165) is 10.8 Å². The molecule has 7 nitrogen and oxygen atoms in total. The van der Waals surface area contributed by atoms with Gasteiger partial charge in [0.05, 0.1) is 25.9 Å². The van der Waals surface area contributed by atoms with Crippen LogP contribution in [0.3, 0.4) is 0 Å². The Morgan fingerprint density at radius 1 is 0.964 bits per heavy atom. The van der Waals surface area contributed by atoms with Gasteiger partial charge in [-0.05, 0) is 22.9 Å². The number of carbonyl (C=O) groups is 2. The molecule has 2 amide bonds. The predicted molar refractivity (Wildman–Crippen MR) is 103 cm³/mol. The van der Waals surface area contributed by atoms with Crippen molar-refractivity contribution in [2.45, 2.75) is 12.2 Å². The van der Waals surface area contributed by atoms with Crippen LogP contribution in [-0.2, 0) is 14.3 Å². The van der Waals surface area contributed by atoms with Crippen LogP contribution in [0.4, 0.5) is 0 Å². The van der Waals surface area contributed by atoms with Gasteiger partial charge in [-0.2, -0.15) is 0 Å². The first-order chi connectivity index (χ1) is 13.6. The molecule has 0 bridgehead atoms. The van der Waals surface area contributed by atoms with Gasteiger partial charge in [-0.3, -0.25) is 9.59 Å². The van der Waals surface area contributed by atoms with Crippen LogP contribution in [0.15, 0.2) is 42.5 Å². The Bertz CT molecular complexity index is 865. The summed E-state index contributed by atoms with van der Waals surface area (Å²) < 4.78 is 10.8. The van der Waals surface area contributed by atoms with Gasteiger partial charge in [0.15, 0.2) is 6.10 Å². The highest BCUT2D eigenvalue weighted by molar-refractivity contribution is 5.98. The first-order valence-corrected chi connectivity index (χ1v) is 9.56. The standard InChI is InChI=1S/C21H24N2O5/c24-18-12-22(7-8-23(13-18)21(26)19-14-27-9-10-28-19)20(25)17-6-5-15-3-1-2-4-16(15)11-17/h1-6,11,18-19,24H,7-10,12-14H2. The molecular formula is C21H24N2O5. The van der Waals surface area contributed by atoms with Gasteiger partial charge in [0.25, 0.3) is 11.8 Å². The number of hydrogen-bond donors (Lipinski definition) is 1. The first-order valence-electron chi connectivity index (χ1n) is 9.56. The summed E-state index contributed by atoms with van der Waals surface area (Å²) in [4.78, 5) is 28.8. The van der Waals surface area contributed by atoms with Gasteiger partial charge in [0.2, 0.25) is 0 Å². The van der Waals surface area contributed by atoms with E-state index in [-0.39, 0.29) is 31.5 Å². The molecule has 0 aromatic heterocycles. The zero-order valence-electron chi connectivity index (χ0n) is 15.6. The van der Waals surface area contributed by atoms with E-state index in [2.05, 4.69) is 0 Å². The van der Waals surface area contributed by atoms with Crippen molar-refractivity contribution in [3.05, 3.63) is 48.0 Å². The Morgan fingerprint density at radius 3 is 2.50 bits per heavy atom. The van der Waals surface area contributed by atoms with Gasteiger partial charge in [0.1, 0.15) is 0 Å². The highest BCUT2D eigenvalue weighted by atomic mass is 16.6. The van der Waals surface area contributed by atoms with Crippen molar-refractivity contribution in [3.8, 4) is 0 Å². The minimum Gasteiger partial charge on any atom is -0.389 e. The normalized spacial score (nSPS) is 23.5. The molecule has 28 heavy (non-hydrogen) atoms. The maximum absolute atomic E-state index is 13.0. The Labute approximate surface area is 163 Å². The van der Waals surface area contributed by atoms with Crippen molar-refractivity contribution in [2.75, 3.05) is 46.0 Å². The summed E-state index contributed by atoms with van der Waals surface area (Å²) in [6, 6.07) is 13.5. The maximum Gasteiger partial charge on any atom is 0.254 e. The quantitative estimate of drug-likeness (QED) is 0.832. The zero-order chi connectivity index (χ0) is 19.5. The third kappa shape index (κ3) is 4.01. The molecule has 0 aliphatic carbocycles. The number of carbonyl (C=O) groups excluding carboxylic acids is 2. The maximum atomic E-state index is 13.0. The minimum absolute atomic E-state index is 0.142. The average molecular weight is 384 g/mol. The molecule has 0 radical (unpaired) electrons. The average Bonchev–Trinajstić information content (AvgIpc) is 2.94. The molecule has 4 rings (SSSR count). The van der Waals surface area contributed by atoms with E-state index in [0.29, 0.717) is 31.9 Å². The van der Waals surface area contributed by atoms with Crippen LogP contribution in [-0.4, -0.2) is 84.9 Å². The first kappa shape index (κ1) is 18.9. The van der Waals surface area contributed by atoms with Crippen molar-refractivity contribution >= 4 is 22.6 Å². The van der Waals surface area contributed by atoms with Crippen LogP contribution < -0.4 is 0 Å². The Morgan fingerprint density at radius 2 is 1.71 bits per heavy atom. The van der Waals surface area contributed by atoms with Gasteiger partial charge in [0, 0.05) is 31.7 Å². The van der Waals surface area contributed by atoms with Crippen LogP contribution in [0.1, 0.15) is 10.4 Å². The van der Waals surface area contributed by atoms with Crippen molar-refractivity contribution < 1.29 is 24.2 Å². The molecule has 2 atom stereocenters. The van der Waals surface area contributed by atoms with Crippen LogP contribution >= 0.6 is 0 Å². The number of ether oxygens (including phenoxy) is 2. The molecule has 2 aromatic rings. The highest BCUT2D eigenvalue weighted by Crippen LogP contribution is 2.18. The van der Waals surface area contributed by atoms with E-state index in [4.69, 9.17) is 9.47 Å². The fourth-order valence-electron chi connectivity index (χ4n) is 3.71. The number of hydrogen-bond acceptors (Lipinski definition) is 5. The number of fused-ring (bicyclic) bond motifs is 1. The third-order valence-corrected chi connectivity index (χ3v) is 5.19. The molecule has 2 fully saturated rings.